The van der Waals surface area contributed by atoms with Gasteiger partial charge in [-0.15, -0.1) is 0 Å². The summed E-state index contributed by atoms with van der Waals surface area (Å²) in [5.41, 5.74) is 0.722. The average Bonchev–Trinajstić information content (AvgIpc) is 2.46. The second-order valence-corrected chi connectivity index (χ2v) is 5.26. The molecule has 0 spiro atoms. The van der Waals surface area contributed by atoms with Gasteiger partial charge in [-0.05, 0) is 29.8 Å². The molecule has 1 aromatic heterocycles. The topological polar surface area (TPSA) is 83.0 Å². The lowest BCUT2D eigenvalue weighted by Gasteiger charge is -2.06. The Morgan fingerprint density at radius 1 is 1.23 bits per heavy atom. The van der Waals surface area contributed by atoms with Gasteiger partial charge in [0.1, 0.15) is 5.82 Å². The summed E-state index contributed by atoms with van der Waals surface area (Å²) in [6, 6.07) is 11.7. The molecule has 3 rings (SSSR count). The number of H-pyrrole nitrogens is 1. The van der Waals surface area contributed by atoms with E-state index in [9.17, 15) is 14.7 Å². The van der Waals surface area contributed by atoms with E-state index in [1.807, 2.05) is 6.07 Å². The van der Waals surface area contributed by atoms with Crippen LogP contribution in [0.5, 0.6) is 0 Å². The van der Waals surface area contributed by atoms with E-state index in [1.165, 1.54) is 12.1 Å². The lowest BCUT2D eigenvalue weighted by Crippen LogP contribution is -2.14. The minimum atomic E-state index is -1.11. The van der Waals surface area contributed by atoms with Crippen LogP contribution in [-0.4, -0.2) is 21.0 Å². The third-order valence-corrected chi connectivity index (χ3v) is 3.51. The maximum Gasteiger partial charge on any atom is 0.337 e. The van der Waals surface area contributed by atoms with Gasteiger partial charge >= 0.3 is 5.97 Å². The van der Waals surface area contributed by atoms with Crippen molar-refractivity contribution in [3.8, 4) is 0 Å². The number of nitrogens with one attached hydrogen (secondary N) is 1. The molecule has 2 aromatic carbocycles. The first-order chi connectivity index (χ1) is 10.5. The number of halogens is 1. The molecule has 0 amide bonds. The molecular formula is C16H11ClN2O3. The van der Waals surface area contributed by atoms with E-state index >= 15 is 0 Å². The van der Waals surface area contributed by atoms with Gasteiger partial charge in [-0.2, -0.15) is 0 Å². The van der Waals surface area contributed by atoms with Crippen LogP contribution in [-0.2, 0) is 6.42 Å². The predicted molar refractivity (Wildman–Crippen MR) is 83.6 cm³/mol. The summed E-state index contributed by atoms with van der Waals surface area (Å²) in [6.45, 7) is 0. The van der Waals surface area contributed by atoms with E-state index < -0.39 is 5.97 Å². The highest BCUT2D eigenvalue weighted by molar-refractivity contribution is 6.30. The Balaban J connectivity index is 2.14. The monoisotopic (exact) mass is 314 g/mol. The SMILES string of the molecule is O=C(O)c1cccc2c(=O)[nH]c(Cc3cccc(Cl)c3)nc12. The normalized spacial score (nSPS) is 10.8. The molecule has 2 N–H and O–H groups in total. The van der Waals surface area contributed by atoms with E-state index in [0.29, 0.717) is 17.3 Å². The van der Waals surface area contributed by atoms with E-state index in [4.69, 9.17) is 11.6 Å². The van der Waals surface area contributed by atoms with Gasteiger partial charge in [-0.25, -0.2) is 9.78 Å². The fourth-order valence-electron chi connectivity index (χ4n) is 2.31. The van der Waals surface area contributed by atoms with Crippen molar-refractivity contribution in [2.75, 3.05) is 0 Å². The molecule has 6 heteroatoms. The summed E-state index contributed by atoms with van der Waals surface area (Å²) in [5.74, 6) is -0.717. The number of aromatic carboxylic acids is 1. The molecule has 1 heterocycles. The van der Waals surface area contributed by atoms with Crippen LogP contribution in [0.2, 0.25) is 5.02 Å². The van der Waals surface area contributed by atoms with Crippen LogP contribution in [0.25, 0.3) is 10.9 Å². The summed E-state index contributed by atoms with van der Waals surface area (Å²) in [4.78, 5) is 30.4. The summed E-state index contributed by atoms with van der Waals surface area (Å²) in [6.07, 6.45) is 0.361. The molecule has 0 atom stereocenters. The lowest BCUT2D eigenvalue weighted by molar-refractivity contribution is 0.0699. The van der Waals surface area contributed by atoms with Crippen LogP contribution in [0.15, 0.2) is 47.3 Å². The van der Waals surface area contributed by atoms with Gasteiger partial charge in [-0.1, -0.05) is 29.8 Å². The van der Waals surface area contributed by atoms with E-state index in [0.717, 1.165) is 5.56 Å². The Hall–Kier alpha value is -2.66. The summed E-state index contributed by atoms with van der Waals surface area (Å²) in [7, 11) is 0. The van der Waals surface area contributed by atoms with Crippen LogP contribution in [0.1, 0.15) is 21.7 Å². The zero-order chi connectivity index (χ0) is 15.7. The number of carbonyl (C=O) groups is 1. The molecule has 3 aromatic rings. The number of aromatic amines is 1. The number of carboxylic acid groups (broad SMARTS) is 1. The molecule has 0 fully saturated rings. The number of hydrogen-bond acceptors (Lipinski definition) is 3. The summed E-state index contributed by atoms with van der Waals surface area (Å²) >= 11 is 5.93. The number of para-hydroxylation sites is 1. The van der Waals surface area contributed by atoms with Crippen molar-refractivity contribution < 1.29 is 9.90 Å². The van der Waals surface area contributed by atoms with Gasteiger partial charge in [0, 0.05) is 11.4 Å². The zero-order valence-electron chi connectivity index (χ0n) is 11.3. The van der Waals surface area contributed by atoms with Crippen LogP contribution in [0, 0.1) is 0 Å². The quantitative estimate of drug-likeness (QED) is 0.778. The van der Waals surface area contributed by atoms with Crippen molar-refractivity contribution in [1.29, 1.82) is 0 Å². The number of hydrogen-bond donors (Lipinski definition) is 2. The first-order valence-corrected chi connectivity index (χ1v) is 6.92. The molecule has 5 nitrogen and oxygen atoms in total. The van der Waals surface area contributed by atoms with Crippen molar-refractivity contribution in [1.82, 2.24) is 9.97 Å². The molecule has 0 bridgehead atoms. The molecule has 0 saturated carbocycles. The molecule has 0 aliphatic heterocycles. The second-order valence-electron chi connectivity index (χ2n) is 4.83. The third kappa shape index (κ3) is 2.71. The van der Waals surface area contributed by atoms with Crippen LogP contribution < -0.4 is 5.56 Å². The van der Waals surface area contributed by atoms with Crippen molar-refractivity contribution in [2.45, 2.75) is 6.42 Å². The van der Waals surface area contributed by atoms with Gasteiger partial charge in [0.25, 0.3) is 5.56 Å². The molecule has 110 valence electrons. The Morgan fingerprint density at radius 2 is 2.00 bits per heavy atom. The van der Waals surface area contributed by atoms with Crippen LogP contribution in [0.3, 0.4) is 0 Å². The largest absolute Gasteiger partial charge is 0.478 e. The Morgan fingerprint density at radius 3 is 2.73 bits per heavy atom. The molecule has 22 heavy (non-hydrogen) atoms. The standard InChI is InChI=1S/C16H11ClN2O3/c17-10-4-1-3-9(7-10)8-13-18-14-11(15(20)19-13)5-2-6-12(14)16(21)22/h1-7H,8H2,(H,21,22)(H,18,19,20). The molecule has 0 saturated heterocycles. The van der Waals surface area contributed by atoms with Crippen molar-refractivity contribution in [2.24, 2.45) is 0 Å². The third-order valence-electron chi connectivity index (χ3n) is 3.28. The summed E-state index contributed by atoms with van der Waals surface area (Å²) in [5, 5.41) is 10.1. The molecule has 0 radical (unpaired) electrons. The molecule has 0 aliphatic rings. The molecule has 0 unspecified atom stereocenters. The van der Waals surface area contributed by atoms with Gasteiger partial charge in [-0.3, -0.25) is 4.79 Å². The highest BCUT2D eigenvalue weighted by Gasteiger charge is 2.13. The van der Waals surface area contributed by atoms with E-state index in [-0.39, 0.29) is 22.0 Å². The maximum atomic E-state index is 12.1. The molecule has 0 aliphatic carbocycles. The highest BCUT2D eigenvalue weighted by Crippen LogP contribution is 2.16. The van der Waals surface area contributed by atoms with Crippen LogP contribution >= 0.6 is 11.6 Å². The first kappa shape index (κ1) is 14.3. The van der Waals surface area contributed by atoms with E-state index in [2.05, 4.69) is 9.97 Å². The van der Waals surface area contributed by atoms with E-state index in [1.54, 1.807) is 24.3 Å². The Kier molecular flexibility index (Phi) is 3.65. The lowest BCUT2D eigenvalue weighted by atomic mass is 10.1. The van der Waals surface area contributed by atoms with Crippen LogP contribution in [0.4, 0.5) is 0 Å². The fraction of sp³-hybridized carbons (Fsp3) is 0.0625. The first-order valence-electron chi connectivity index (χ1n) is 6.54. The minimum absolute atomic E-state index is 0.0101. The average molecular weight is 315 g/mol. The number of nitrogens with zero attached hydrogens (tertiary/aromatic N) is 1. The zero-order valence-corrected chi connectivity index (χ0v) is 12.1. The number of benzene rings is 2. The minimum Gasteiger partial charge on any atom is -0.478 e. The maximum absolute atomic E-state index is 12.1. The number of fused-ring (bicyclic) bond motifs is 1. The fourth-order valence-corrected chi connectivity index (χ4v) is 2.52. The number of carboxylic acids is 1. The highest BCUT2D eigenvalue weighted by atomic mass is 35.5. The second kappa shape index (κ2) is 5.61. The van der Waals surface area contributed by atoms with Crippen molar-refractivity contribution in [3.05, 3.63) is 74.8 Å². The predicted octanol–water partition coefficient (Wildman–Crippen LogP) is 2.87. The van der Waals surface area contributed by atoms with Crippen molar-refractivity contribution >= 4 is 28.5 Å². The van der Waals surface area contributed by atoms with Gasteiger partial charge in [0.05, 0.1) is 16.5 Å². The Labute approximate surface area is 130 Å². The number of aromatic nitrogens is 2. The van der Waals surface area contributed by atoms with Gasteiger partial charge in [0.15, 0.2) is 0 Å². The smallest absolute Gasteiger partial charge is 0.337 e. The van der Waals surface area contributed by atoms with Gasteiger partial charge < -0.3 is 10.1 Å². The summed E-state index contributed by atoms with van der Waals surface area (Å²) < 4.78 is 0. The Bertz CT molecular complexity index is 934. The number of rotatable bonds is 3. The van der Waals surface area contributed by atoms with Gasteiger partial charge in [0.2, 0.25) is 0 Å². The van der Waals surface area contributed by atoms with Crippen molar-refractivity contribution in [3.63, 3.8) is 0 Å². The molecular weight excluding hydrogens is 304 g/mol.